The predicted octanol–water partition coefficient (Wildman–Crippen LogP) is 2.50. The van der Waals surface area contributed by atoms with Gasteiger partial charge in [-0.05, 0) is 36.7 Å². The molecule has 2 rings (SSSR count). The standard InChI is InChI=1S/C11H12ClN/c1-13-7-8-4-9-2-3-11(12)6-10(9)5-8/h2-4,6,13H,5,7H2,1H3. The van der Waals surface area contributed by atoms with E-state index in [9.17, 15) is 0 Å². The summed E-state index contributed by atoms with van der Waals surface area (Å²) in [5.74, 6) is 0. The molecule has 68 valence electrons. The lowest BCUT2D eigenvalue weighted by Crippen LogP contribution is -2.09. The molecule has 0 spiro atoms. The van der Waals surface area contributed by atoms with Crippen LogP contribution in [0.2, 0.25) is 5.02 Å². The third kappa shape index (κ3) is 1.77. The molecule has 0 fully saturated rings. The highest BCUT2D eigenvalue weighted by Gasteiger charge is 2.11. The molecule has 1 nitrogen and oxygen atoms in total. The second kappa shape index (κ2) is 3.52. The Morgan fingerprint density at radius 3 is 3.08 bits per heavy atom. The molecule has 2 heteroatoms. The van der Waals surface area contributed by atoms with E-state index in [1.54, 1.807) is 0 Å². The zero-order chi connectivity index (χ0) is 9.26. The molecule has 0 atom stereocenters. The van der Waals surface area contributed by atoms with Gasteiger partial charge in [-0.25, -0.2) is 0 Å². The van der Waals surface area contributed by atoms with Crippen molar-refractivity contribution in [3.05, 3.63) is 39.9 Å². The average Bonchev–Trinajstić information content (AvgIpc) is 2.46. The average molecular weight is 194 g/mol. The van der Waals surface area contributed by atoms with Crippen LogP contribution in [0.25, 0.3) is 6.08 Å². The Kier molecular flexibility index (Phi) is 2.38. The van der Waals surface area contributed by atoms with E-state index in [0.29, 0.717) is 0 Å². The van der Waals surface area contributed by atoms with Crippen LogP contribution in [-0.2, 0) is 6.42 Å². The lowest BCUT2D eigenvalue weighted by Gasteiger charge is -1.99. The number of nitrogens with one attached hydrogen (secondary N) is 1. The first-order chi connectivity index (χ1) is 6.29. The molecule has 1 aromatic carbocycles. The Bertz CT molecular complexity index is 355. The molecule has 0 aliphatic heterocycles. The molecular weight excluding hydrogens is 182 g/mol. The zero-order valence-corrected chi connectivity index (χ0v) is 8.36. The summed E-state index contributed by atoms with van der Waals surface area (Å²) in [4.78, 5) is 0. The number of hydrogen-bond donors (Lipinski definition) is 1. The van der Waals surface area contributed by atoms with Gasteiger partial charge in [-0.3, -0.25) is 0 Å². The van der Waals surface area contributed by atoms with Crippen molar-refractivity contribution in [3.63, 3.8) is 0 Å². The van der Waals surface area contributed by atoms with Gasteiger partial charge in [0.05, 0.1) is 0 Å². The number of benzene rings is 1. The van der Waals surface area contributed by atoms with Crippen LogP contribution in [0.4, 0.5) is 0 Å². The minimum Gasteiger partial charge on any atom is -0.316 e. The lowest BCUT2D eigenvalue weighted by molar-refractivity contribution is 0.866. The van der Waals surface area contributed by atoms with Crippen LogP contribution in [0, 0.1) is 0 Å². The topological polar surface area (TPSA) is 12.0 Å². The Balaban J connectivity index is 2.25. The highest BCUT2D eigenvalue weighted by molar-refractivity contribution is 6.30. The number of fused-ring (bicyclic) bond motifs is 1. The highest BCUT2D eigenvalue weighted by atomic mass is 35.5. The predicted molar refractivity (Wildman–Crippen MR) is 57.1 cm³/mol. The van der Waals surface area contributed by atoms with Crippen molar-refractivity contribution in [2.75, 3.05) is 13.6 Å². The van der Waals surface area contributed by atoms with Crippen LogP contribution in [0.15, 0.2) is 23.8 Å². The number of likely N-dealkylation sites (N-methyl/N-ethyl adjacent to an activating group) is 1. The van der Waals surface area contributed by atoms with Crippen molar-refractivity contribution in [1.29, 1.82) is 0 Å². The van der Waals surface area contributed by atoms with E-state index in [0.717, 1.165) is 18.0 Å². The Morgan fingerprint density at radius 2 is 2.31 bits per heavy atom. The fourth-order valence-corrected chi connectivity index (χ4v) is 1.92. The van der Waals surface area contributed by atoms with Crippen LogP contribution < -0.4 is 5.32 Å². The molecule has 0 aromatic heterocycles. The highest BCUT2D eigenvalue weighted by Crippen LogP contribution is 2.26. The molecule has 0 unspecified atom stereocenters. The van der Waals surface area contributed by atoms with Gasteiger partial charge >= 0.3 is 0 Å². The molecule has 0 radical (unpaired) electrons. The third-order valence-corrected chi connectivity index (χ3v) is 2.52. The van der Waals surface area contributed by atoms with E-state index in [4.69, 9.17) is 11.6 Å². The molecule has 0 amide bonds. The van der Waals surface area contributed by atoms with Gasteiger partial charge in [0.1, 0.15) is 0 Å². The second-order valence-corrected chi connectivity index (χ2v) is 3.79. The summed E-state index contributed by atoms with van der Waals surface area (Å²) >= 11 is 5.91. The molecule has 13 heavy (non-hydrogen) atoms. The summed E-state index contributed by atoms with van der Waals surface area (Å²) in [6.07, 6.45) is 3.28. The van der Waals surface area contributed by atoms with E-state index < -0.39 is 0 Å². The molecule has 1 aliphatic rings. The molecule has 1 N–H and O–H groups in total. The maximum absolute atomic E-state index is 5.91. The third-order valence-electron chi connectivity index (χ3n) is 2.29. The first kappa shape index (κ1) is 8.79. The van der Waals surface area contributed by atoms with Gasteiger partial charge in [0.25, 0.3) is 0 Å². The number of rotatable bonds is 2. The maximum atomic E-state index is 5.91. The minimum absolute atomic E-state index is 0.831. The summed E-state index contributed by atoms with van der Waals surface area (Å²) in [7, 11) is 1.97. The smallest absolute Gasteiger partial charge is 0.0409 e. The summed E-state index contributed by atoms with van der Waals surface area (Å²) in [6.45, 7) is 0.965. The van der Waals surface area contributed by atoms with Crippen LogP contribution in [0.3, 0.4) is 0 Å². The van der Waals surface area contributed by atoms with E-state index in [1.165, 1.54) is 16.7 Å². The molecule has 0 bridgehead atoms. The van der Waals surface area contributed by atoms with Gasteiger partial charge in [0.2, 0.25) is 0 Å². The number of hydrogen-bond acceptors (Lipinski definition) is 1. The molecule has 0 saturated carbocycles. The first-order valence-electron chi connectivity index (χ1n) is 4.42. The van der Waals surface area contributed by atoms with Crippen molar-refractivity contribution < 1.29 is 0 Å². The van der Waals surface area contributed by atoms with Crippen LogP contribution in [0.1, 0.15) is 11.1 Å². The molecular formula is C11H12ClN. The summed E-state index contributed by atoms with van der Waals surface area (Å²) in [6, 6.07) is 6.08. The fourth-order valence-electron chi connectivity index (χ4n) is 1.72. The zero-order valence-electron chi connectivity index (χ0n) is 7.60. The first-order valence-corrected chi connectivity index (χ1v) is 4.80. The van der Waals surface area contributed by atoms with Gasteiger partial charge < -0.3 is 5.32 Å². The van der Waals surface area contributed by atoms with Gasteiger partial charge in [0.15, 0.2) is 0 Å². The van der Waals surface area contributed by atoms with Crippen molar-refractivity contribution in [3.8, 4) is 0 Å². The maximum Gasteiger partial charge on any atom is 0.0409 e. The SMILES string of the molecule is CNCC1=Cc2ccc(Cl)cc2C1. The van der Waals surface area contributed by atoms with Crippen molar-refractivity contribution in [2.45, 2.75) is 6.42 Å². The monoisotopic (exact) mass is 193 g/mol. The largest absolute Gasteiger partial charge is 0.316 e. The summed E-state index contributed by atoms with van der Waals surface area (Å²) in [5, 5.41) is 3.99. The summed E-state index contributed by atoms with van der Waals surface area (Å²) < 4.78 is 0. The van der Waals surface area contributed by atoms with E-state index >= 15 is 0 Å². The van der Waals surface area contributed by atoms with Crippen molar-refractivity contribution in [1.82, 2.24) is 5.32 Å². The van der Waals surface area contributed by atoms with Gasteiger partial charge in [-0.1, -0.05) is 29.3 Å². The van der Waals surface area contributed by atoms with E-state index in [2.05, 4.69) is 23.5 Å². The summed E-state index contributed by atoms with van der Waals surface area (Å²) in [5.41, 5.74) is 4.09. The molecule has 0 heterocycles. The molecule has 1 aromatic rings. The second-order valence-electron chi connectivity index (χ2n) is 3.35. The normalized spacial score (nSPS) is 14.2. The Morgan fingerprint density at radius 1 is 1.46 bits per heavy atom. The van der Waals surface area contributed by atoms with Crippen LogP contribution in [-0.4, -0.2) is 13.6 Å². The van der Waals surface area contributed by atoms with Crippen LogP contribution in [0.5, 0.6) is 0 Å². The number of halogens is 1. The lowest BCUT2D eigenvalue weighted by atomic mass is 10.1. The minimum atomic E-state index is 0.831. The quantitative estimate of drug-likeness (QED) is 0.761. The fraction of sp³-hybridized carbons (Fsp3) is 0.273. The van der Waals surface area contributed by atoms with Crippen molar-refractivity contribution in [2.24, 2.45) is 0 Å². The van der Waals surface area contributed by atoms with E-state index in [1.807, 2.05) is 13.1 Å². The van der Waals surface area contributed by atoms with Gasteiger partial charge in [-0.15, -0.1) is 0 Å². The molecule has 0 saturated heterocycles. The molecule has 1 aliphatic carbocycles. The Labute approximate surface area is 83.4 Å². The van der Waals surface area contributed by atoms with Gasteiger partial charge in [-0.2, -0.15) is 0 Å². The Hall–Kier alpha value is -0.790. The van der Waals surface area contributed by atoms with Crippen LogP contribution >= 0.6 is 11.6 Å². The van der Waals surface area contributed by atoms with Crippen molar-refractivity contribution >= 4 is 17.7 Å². The van der Waals surface area contributed by atoms with Gasteiger partial charge in [0, 0.05) is 11.6 Å². The van der Waals surface area contributed by atoms with E-state index in [-0.39, 0.29) is 0 Å².